The number of nitrogens with one attached hydrogen (secondary N) is 2. The third-order valence-electron chi connectivity index (χ3n) is 6.89. The Morgan fingerprint density at radius 2 is 1.94 bits per heavy atom. The van der Waals surface area contributed by atoms with Gasteiger partial charge in [-0.2, -0.15) is 0 Å². The molecule has 2 N–H and O–H groups in total. The molecule has 4 rings (SSSR count). The van der Waals surface area contributed by atoms with Crippen molar-refractivity contribution in [1.82, 2.24) is 10.2 Å². The fraction of sp³-hybridized carbons (Fsp3) is 0.370. The highest BCUT2D eigenvalue weighted by atomic mass is 16.2. The first-order valence-electron chi connectivity index (χ1n) is 11.6. The van der Waals surface area contributed by atoms with Gasteiger partial charge in [0.25, 0.3) is 5.91 Å². The lowest BCUT2D eigenvalue weighted by Gasteiger charge is -2.45. The minimum Gasteiger partial charge on any atom is -0.369 e. The molecule has 178 valence electrons. The summed E-state index contributed by atoms with van der Waals surface area (Å²) in [4.78, 5) is 41.1. The Kier molecular flexibility index (Phi) is 5.98. The summed E-state index contributed by atoms with van der Waals surface area (Å²) in [7, 11) is 2.11. The highest BCUT2D eigenvalue weighted by Gasteiger charge is 2.36. The van der Waals surface area contributed by atoms with Gasteiger partial charge in [0.05, 0.1) is 0 Å². The van der Waals surface area contributed by atoms with E-state index in [9.17, 15) is 14.4 Å². The summed E-state index contributed by atoms with van der Waals surface area (Å²) in [6.45, 7) is 10.3. The van der Waals surface area contributed by atoms with Gasteiger partial charge in [0.2, 0.25) is 5.91 Å². The minimum absolute atomic E-state index is 0.0632. The quantitative estimate of drug-likeness (QED) is 0.518. The third kappa shape index (κ3) is 4.42. The smallest absolute Gasteiger partial charge is 0.329 e. The SMILES string of the molecule is Cc1cccc(NC(=O)CN2C(=O)N/C(=C/c3cc4c(cc3C)N(C)C(C)(C)CC4C)C2=O)c1. The van der Waals surface area contributed by atoms with Crippen molar-refractivity contribution < 1.29 is 14.4 Å². The van der Waals surface area contributed by atoms with Crippen LogP contribution in [0.25, 0.3) is 6.08 Å². The second kappa shape index (κ2) is 8.63. The Morgan fingerprint density at radius 1 is 1.21 bits per heavy atom. The van der Waals surface area contributed by atoms with E-state index in [4.69, 9.17) is 0 Å². The van der Waals surface area contributed by atoms with Crippen LogP contribution in [0.2, 0.25) is 0 Å². The predicted octanol–water partition coefficient (Wildman–Crippen LogP) is 4.56. The first kappa shape index (κ1) is 23.5. The van der Waals surface area contributed by atoms with Gasteiger partial charge in [-0.25, -0.2) is 9.69 Å². The molecule has 0 saturated carbocycles. The average Bonchev–Trinajstić information content (AvgIpc) is 3.00. The van der Waals surface area contributed by atoms with Gasteiger partial charge in [-0.3, -0.25) is 9.59 Å². The molecule has 34 heavy (non-hydrogen) atoms. The second-order valence-corrected chi connectivity index (χ2v) is 10.0. The Hall–Kier alpha value is -3.61. The molecule has 4 amide bonds. The first-order chi connectivity index (χ1) is 16.0. The van der Waals surface area contributed by atoms with Crippen molar-refractivity contribution in [3.63, 3.8) is 0 Å². The molecule has 7 nitrogen and oxygen atoms in total. The van der Waals surface area contributed by atoms with Crippen molar-refractivity contribution in [2.45, 2.75) is 52.5 Å². The maximum Gasteiger partial charge on any atom is 0.329 e. The zero-order valence-corrected chi connectivity index (χ0v) is 20.7. The van der Waals surface area contributed by atoms with Crippen LogP contribution < -0.4 is 15.5 Å². The third-order valence-corrected chi connectivity index (χ3v) is 6.89. The lowest BCUT2D eigenvalue weighted by atomic mass is 9.79. The van der Waals surface area contributed by atoms with Gasteiger partial charge in [0.15, 0.2) is 0 Å². The summed E-state index contributed by atoms with van der Waals surface area (Å²) < 4.78 is 0. The normalized spacial score (nSPS) is 20.4. The molecular formula is C27H32N4O3. The molecule has 2 aliphatic heterocycles. The number of rotatable bonds is 4. The number of benzene rings is 2. The molecule has 1 unspecified atom stereocenters. The Morgan fingerprint density at radius 3 is 2.65 bits per heavy atom. The van der Waals surface area contributed by atoms with Crippen LogP contribution in [0, 0.1) is 13.8 Å². The van der Waals surface area contributed by atoms with Crippen LogP contribution in [0.3, 0.4) is 0 Å². The van der Waals surface area contributed by atoms with E-state index >= 15 is 0 Å². The van der Waals surface area contributed by atoms with Crippen LogP contribution in [0.15, 0.2) is 42.1 Å². The van der Waals surface area contributed by atoms with Gasteiger partial charge in [-0.15, -0.1) is 0 Å². The summed E-state index contributed by atoms with van der Waals surface area (Å²) >= 11 is 0. The summed E-state index contributed by atoms with van der Waals surface area (Å²) in [5.74, 6) is -0.567. The van der Waals surface area contributed by atoms with Gasteiger partial charge in [-0.1, -0.05) is 19.1 Å². The Bertz CT molecular complexity index is 1210. The van der Waals surface area contributed by atoms with Gasteiger partial charge >= 0.3 is 6.03 Å². The molecule has 0 radical (unpaired) electrons. The number of carbonyl (C=O) groups is 3. The zero-order chi connectivity index (χ0) is 24.8. The summed E-state index contributed by atoms with van der Waals surface area (Å²) in [6.07, 6.45) is 2.73. The number of fused-ring (bicyclic) bond motifs is 1. The molecule has 0 aliphatic carbocycles. The fourth-order valence-electron chi connectivity index (χ4n) is 4.83. The number of carbonyl (C=O) groups excluding carboxylic acids is 3. The lowest BCUT2D eigenvalue weighted by Crippen LogP contribution is -2.45. The monoisotopic (exact) mass is 460 g/mol. The predicted molar refractivity (Wildman–Crippen MR) is 135 cm³/mol. The van der Waals surface area contributed by atoms with Crippen LogP contribution in [0.4, 0.5) is 16.2 Å². The van der Waals surface area contributed by atoms with Crippen molar-refractivity contribution in [3.8, 4) is 0 Å². The van der Waals surface area contributed by atoms with Gasteiger partial charge < -0.3 is 15.5 Å². The van der Waals surface area contributed by atoms with E-state index in [1.54, 1.807) is 12.1 Å². The number of urea groups is 1. The molecule has 0 aromatic heterocycles. The molecule has 2 aromatic carbocycles. The fourth-order valence-corrected chi connectivity index (χ4v) is 4.83. The number of hydrogen-bond donors (Lipinski definition) is 2. The molecule has 0 bridgehead atoms. The number of anilines is 2. The number of amides is 4. The molecule has 0 spiro atoms. The lowest BCUT2D eigenvalue weighted by molar-refractivity contribution is -0.127. The van der Waals surface area contributed by atoms with E-state index < -0.39 is 17.8 Å². The summed E-state index contributed by atoms with van der Waals surface area (Å²) in [5.41, 5.74) is 6.18. The second-order valence-electron chi connectivity index (χ2n) is 10.0. The van der Waals surface area contributed by atoms with E-state index in [0.717, 1.165) is 28.0 Å². The molecule has 2 aliphatic rings. The van der Waals surface area contributed by atoms with E-state index in [-0.39, 0.29) is 17.8 Å². The Labute approximate surface area is 200 Å². The zero-order valence-electron chi connectivity index (χ0n) is 20.7. The van der Waals surface area contributed by atoms with Crippen LogP contribution in [0.5, 0.6) is 0 Å². The standard InChI is InChI=1S/C27H32N4O3/c1-16-8-7-9-20(10-16)28-24(32)15-31-25(33)22(29-26(31)34)13-19-12-21-18(3)14-27(4,5)30(6)23(21)11-17(19)2/h7-13,18H,14-15H2,1-6H3,(H,28,32)(H,29,34)/b22-13+. The van der Waals surface area contributed by atoms with Crippen molar-refractivity contribution in [3.05, 3.63) is 64.3 Å². The highest BCUT2D eigenvalue weighted by molar-refractivity contribution is 6.16. The topological polar surface area (TPSA) is 81.8 Å². The van der Waals surface area contributed by atoms with Crippen LogP contribution in [-0.2, 0) is 9.59 Å². The molecule has 1 saturated heterocycles. The van der Waals surface area contributed by atoms with E-state index in [2.05, 4.69) is 55.5 Å². The van der Waals surface area contributed by atoms with Crippen LogP contribution >= 0.6 is 0 Å². The molecular weight excluding hydrogens is 428 g/mol. The first-order valence-corrected chi connectivity index (χ1v) is 11.6. The highest BCUT2D eigenvalue weighted by Crippen LogP contribution is 2.43. The molecule has 1 atom stereocenters. The van der Waals surface area contributed by atoms with E-state index in [1.165, 1.54) is 11.3 Å². The maximum absolute atomic E-state index is 12.9. The van der Waals surface area contributed by atoms with Crippen LogP contribution in [-0.4, -0.2) is 41.9 Å². The summed E-state index contributed by atoms with van der Waals surface area (Å²) in [6, 6.07) is 11.0. The van der Waals surface area contributed by atoms with Gasteiger partial charge in [-0.05, 0) is 92.6 Å². The largest absolute Gasteiger partial charge is 0.369 e. The Balaban J connectivity index is 1.54. The van der Waals surface area contributed by atoms with Crippen molar-refractivity contribution in [2.24, 2.45) is 0 Å². The van der Waals surface area contributed by atoms with Gasteiger partial charge in [0, 0.05) is 24.0 Å². The molecule has 1 fully saturated rings. The minimum atomic E-state index is -0.596. The van der Waals surface area contributed by atoms with Crippen LogP contribution in [0.1, 0.15) is 55.4 Å². The van der Waals surface area contributed by atoms with E-state index in [1.807, 2.05) is 32.0 Å². The van der Waals surface area contributed by atoms with Crippen molar-refractivity contribution in [2.75, 3.05) is 23.8 Å². The molecule has 7 heteroatoms. The average molecular weight is 461 g/mol. The number of aryl methyl sites for hydroxylation is 2. The number of imide groups is 1. The van der Waals surface area contributed by atoms with Crippen molar-refractivity contribution >= 4 is 35.3 Å². The molecule has 2 aromatic rings. The summed E-state index contributed by atoms with van der Waals surface area (Å²) in [5, 5.41) is 5.37. The maximum atomic E-state index is 12.9. The number of nitrogens with zero attached hydrogens (tertiary/aromatic N) is 2. The number of hydrogen-bond acceptors (Lipinski definition) is 4. The molecule has 2 heterocycles. The van der Waals surface area contributed by atoms with Crippen molar-refractivity contribution in [1.29, 1.82) is 0 Å². The van der Waals surface area contributed by atoms with Gasteiger partial charge in [0.1, 0.15) is 12.2 Å². The van der Waals surface area contributed by atoms with E-state index in [0.29, 0.717) is 11.6 Å².